The van der Waals surface area contributed by atoms with Gasteiger partial charge in [-0.25, -0.2) is 14.6 Å². The molecule has 1 saturated heterocycles. The van der Waals surface area contributed by atoms with Crippen molar-refractivity contribution in [1.29, 1.82) is 0 Å². The Morgan fingerprint density at radius 1 is 1.20 bits per heavy atom. The molecule has 2 aromatic carbocycles. The van der Waals surface area contributed by atoms with Gasteiger partial charge in [0.1, 0.15) is 29.3 Å². The highest BCUT2D eigenvalue weighted by Crippen LogP contribution is 2.35. The predicted molar refractivity (Wildman–Crippen MR) is 135 cm³/mol. The maximum Gasteiger partial charge on any atom is 0.246 e. The summed E-state index contributed by atoms with van der Waals surface area (Å²) in [5.41, 5.74) is 9.22. The molecule has 8 heteroatoms. The van der Waals surface area contributed by atoms with Crippen LogP contribution in [-0.2, 0) is 4.79 Å². The number of aromatic nitrogens is 4. The van der Waals surface area contributed by atoms with E-state index in [0.717, 1.165) is 24.0 Å². The summed E-state index contributed by atoms with van der Waals surface area (Å²) in [6, 6.07) is 14.9. The average molecular weight is 465 g/mol. The normalized spacial score (nSPS) is 15.5. The van der Waals surface area contributed by atoms with E-state index in [0.29, 0.717) is 47.1 Å². The van der Waals surface area contributed by atoms with Crippen LogP contribution >= 0.6 is 0 Å². The molecule has 1 aliphatic rings. The SMILES string of the molecule is C#Cc1cccc(Oc2ccc(-c3nn(C4CCCN(C(=O)C=C)C4)c4ncnc(N)c34)cc2)c1. The molecule has 0 saturated carbocycles. The van der Waals surface area contributed by atoms with E-state index in [1.165, 1.54) is 12.4 Å². The van der Waals surface area contributed by atoms with Crippen LogP contribution in [0.25, 0.3) is 22.3 Å². The van der Waals surface area contributed by atoms with Crippen LogP contribution in [0.1, 0.15) is 24.4 Å². The minimum absolute atomic E-state index is 0.0239. The highest BCUT2D eigenvalue weighted by Gasteiger charge is 2.28. The Morgan fingerprint density at radius 2 is 2.03 bits per heavy atom. The van der Waals surface area contributed by atoms with Crippen LogP contribution in [0.2, 0.25) is 0 Å². The molecule has 1 unspecified atom stereocenters. The summed E-state index contributed by atoms with van der Waals surface area (Å²) in [5, 5.41) is 5.60. The fourth-order valence-electron chi connectivity index (χ4n) is 4.40. The molecule has 35 heavy (non-hydrogen) atoms. The van der Waals surface area contributed by atoms with Gasteiger partial charge in [-0.2, -0.15) is 5.10 Å². The van der Waals surface area contributed by atoms with Crippen molar-refractivity contribution >= 4 is 22.8 Å². The van der Waals surface area contributed by atoms with Crippen molar-refractivity contribution in [1.82, 2.24) is 24.6 Å². The third-order valence-electron chi connectivity index (χ3n) is 6.11. The van der Waals surface area contributed by atoms with E-state index >= 15 is 0 Å². The zero-order valence-corrected chi connectivity index (χ0v) is 19.1. The van der Waals surface area contributed by atoms with Crippen LogP contribution in [0.4, 0.5) is 5.82 Å². The van der Waals surface area contributed by atoms with E-state index in [2.05, 4.69) is 22.5 Å². The van der Waals surface area contributed by atoms with E-state index in [1.807, 2.05) is 53.2 Å². The molecule has 1 fully saturated rings. The van der Waals surface area contributed by atoms with Crippen molar-refractivity contribution in [2.75, 3.05) is 18.8 Å². The molecule has 0 spiro atoms. The molecule has 1 aliphatic heterocycles. The lowest BCUT2D eigenvalue weighted by Gasteiger charge is -2.32. The topological polar surface area (TPSA) is 99.2 Å². The number of nitrogen functional groups attached to an aromatic ring is 1. The van der Waals surface area contributed by atoms with Gasteiger partial charge in [0.25, 0.3) is 0 Å². The number of hydrogen-bond donors (Lipinski definition) is 1. The maximum absolute atomic E-state index is 12.2. The lowest BCUT2D eigenvalue weighted by molar-refractivity contribution is -0.127. The Morgan fingerprint density at radius 3 is 2.80 bits per heavy atom. The summed E-state index contributed by atoms with van der Waals surface area (Å²) < 4.78 is 7.83. The monoisotopic (exact) mass is 464 g/mol. The minimum Gasteiger partial charge on any atom is -0.457 e. The molecule has 1 amide bonds. The number of piperidine rings is 1. The fourth-order valence-corrected chi connectivity index (χ4v) is 4.40. The second-order valence-electron chi connectivity index (χ2n) is 8.33. The highest BCUT2D eigenvalue weighted by molar-refractivity contribution is 5.98. The molecule has 3 heterocycles. The molecule has 2 aromatic heterocycles. The van der Waals surface area contributed by atoms with E-state index in [1.54, 1.807) is 4.90 Å². The molecule has 0 aliphatic carbocycles. The lowest BCUT2D eigenvalue weighted by atomic mass is 10.1. The first kappa shape index (κ1) is 22.2. The van der Waals surface area contributed by atoms with Gasteiger partial charge >= 0.3 is 0 Å². The summed E-state index contributed by atoms with van der Waals surface area (Å²) in [7, 11) is 0. The zero-order valence-electron chi connectivity index (χ0n) is 19.1. The largest absolute Gasteiger partial charge is 0.457 e. The van der Waals surface area contributed by atoms with Gasteiger partial charge < -0.3 is 15.4 Å². The third kappa shape index (κ3) is 4.32. The Labute approximate surface area is 203 Å². The van der Waals surface area contributed by atoms with Gasteiger partial charge in [0, 0.05) is 24.2 Å². The van der Waals surface area contributed by atoms with Crippen molar-refractivity contribution in [3.8, 4) is 35.1 Å². The standard InChI is InChI=1S/C27H24N6O2/c1-3-18-7-5-9-22(15-18)35-21-12-10-19(11-13-21)25-24-26(28)29-17-30-27(24)33(31-25)20-8-6-14-32(16-20)23(34)4-2/h1,4-5,7,9-13,15,17,20H,2,6,8,14,16H2,(H2,28,29,30). The second kappa shape index (κ2) is 9.31. The number of ether oxygens (including phenoxy) is 1. The Bertz CT molecular complexity index is 1450. The molecule has 0 radical (unpaired) electrons. The summed E-state index contributed by atoms with van der Waals surface area (Å²) in [6.07, 6.45) is 10.0. The summed E-state index contributed by atoms with van der Waals surface area (Å²) in [4.78, 5) is 22.7. The van der Waals surface area contributed by atoms with Crippen LogP contribution in [0.5, 0.6) is 11.5 Å². The third-order valence-corrected chi connectivity index (χ3v) is 6.11. The number of carbonyl (C=O) groups excluding carboxylic acids is 1. The first-order chi connectivity index (χ1) is 17.1. The van der Waals surface area contributed by atoms with Gasteiger partial charge in [-0.05, 0) is 61.4 Å². The predicted octanol–water partition coefficient (Wildman–Crippen LogP) is 4.20. The van der Waals surface area contributed by atoms with Crippen molar-refractivity contribution in [2.24, 2.45) is 0 Å². The number of benzene rings is 2. The van der Waals surface area contributed by atoms with E-state index in [-0.39, 0.29) is 11.9 Å². The summed E-state index contributed by atoms with van der Waals surface area (Å²) >= 11 is 0. The van der Waals surface area contributed by atoms with E-state index in [4.69, 9.17) is 22.0 Å². The van der Waals surface area contributed by atoms with Crippen LogP contribution in [-0.4, -0.2) is 43.6 Å². The number of likely N-dealkylation sites (tertiary alicyclic amines) is 1. The summed E-state index contributed by atoms with van der Waals surface area (Å²) in [6.45, 7) is 4.85. The number of rotatable bonds is 5. The number of anilines is 1. The molecule has 174 valence electrons. The Hall–Kier alpha value is -4.64. The van der Waals surface area contributed by atoms with Crippen molar-refractivity contribution in [3.63, 3.8) is 0 Å². The van der Waals surface area contributed by atoms with E-state index < -0.39 is 0 Å². The van der Waals surface area contributed by atoms with Crippen LogP contribution in [0.3, 0.4) is 0 Å². The molecule has 0 bridgehead atoms. The molecular weight excluding hydrogens is 440 g/mol. The number of nitrogens with zero attached hydrogens (tertiary/aromatic N) is 5. The quantitative estimate of drug-likeness (QED) is 0.351. The van der Waals surface area contributed by atoms with Crippen LogP contribution in [0, 0.1) is 12.3 Å². The number of terminal acetylenes is 1. The molecule has 5 rings (SSSR count). The molecule has 4 aromatic rings. The van der Waals surface area contributed by atoms with Crippen molar-refractivity contribution in [3.05, 3.63) is 73.1 Å². The van der Waals surface area contributed by atoms with Gasteiger partial charge in [0.2, 0.25) is 5.91 Å². The first-order valence-electron chi connectivity index (χ1n) is 11.3. The number of amides is 1. The van der Waals surface area contributed by atoms with Gasteiger partial charge in [-0.3, -0.25) is 4.79 Å². The molecular formula is C27H24N6O2. The van der Waals surface area contributed by atoms with Gasteiger partial charge in [0.05, 0.1) is 11.4 Å². The first-order valence-corrected chi connectivity index (χ1v) is 11.3. The second-order valence-corrected chi connectivity index (χ2v) is 8.33. The van der Waals surface area contributed by atoms with Crippen LogP contribution < -0.4 is 10.5 Å². The van der Waals surface area contributed by atoms with Crippen molar-refractivity contribution < 1.29 is 9.53 Å². The number of hydrogen-bond acceptors (Lipinski definition) is 6. The highest BCUT2D eigenvalue weighted by atomic mass is 16.5. The number of fused-ring (bicyclic) bond motifs is 1. The van der Waals surface area contributed by atoms with E-state index in [9.17, 15) is 4.79 Å². The molecule has 8 nitrogen and oxygen atoms in total. The van der Waals surface area contributed by atoms with Gasteiger partial charge in [-0.1, -0.05) is 18.6 Å². The minimum atomic E-state index is -0.0797. The number of carbonyl (C=O) groups is 1. The fraction of sp³-hybridized carbons (Fsp3) is 0.185. The smallest absolute Gasteiger partial charge is 0.246 e. The van der Waals surface area contributed by atoms with Crippen LogP contribution in [0.15, 0.2) is 67.5 Å². The Kier molecular flexibility index (Phi) is 5.90. The molecule has 1 atom stereocenters. The number of nitrogens with two attached hydrogens (primary N) is 1. The van der Waals surface area contributed by atoms with Gasteiger partial charge in [-0.15, -0.1) is 6.42 Å². The zero-order chi connectivity index (χ0) is 24.4. The van der Waals surface area contributed by atoms with Gasteiger partial charge in [0.15, 0.2) is 5.65 Å². The Balaban J connectivity index is 1.48. The molecule has 2 N–H and O–H groups in total. The maximum atomic E-state index is 12.2. The average Bonchev–Trinajstić information content (AvgIpc) is 3.30. The lowest BCUT2D eigenvalue weighted by Crippen LogP contribution is -2.40. The summed E-state index contributed by atoms with van der Waals surface area (Å²) in [5.74, 6) is 4.22. The van der Waals surface area contributed by atoms with Crippen molar-refractivity contribution in [2.45, 2.75) is 18.9 Å².